The zero-order chi connectivity index (χ0) is 19.4. The lowest BCUT2D eigenvalue weighted by Gasteiger charge is -2.24. The lowest BCUT2D eigenvalue weighted by Crippen LogP contribution is -2.33. The molecule has 1 saturated heterocycles. The molecule has 0 radical (unpaired) electrons. The summed E-state index contributed by atoms with van der Waals surface area (Å²) in [7, 11) is 0. The van der Waals surface area contributed by atoms with E-state index in [0.717, 1.165) is 24.5 Å². The summed E-state index contributed by atoms with van der Waals surface area (Å²) in [6, 6.07) is 4.40. The number of nitrogens with zero attached hydrogens (tertiary/aromatic N) is 2. The van der Waals surface area contributed by atoms with E-state index in [1.54, 1.807) is 18.2 Å². The van der Waals surface area contributed by atoms with Gasteiger partial charge in [-0.2, -0.15) is 13.2 Å². The van der Waals surface area contributed by atoms with Crippen molar-refractivity contribution in [3.63, 3.8) is 0 Å². The maximum absolute atomic E-state index is 12.4. The first-order valence-corrected chi connectivity index (χ1v) is 8.30. The van der Waals surface area contributed by atoms with Crippen molar-refractivity contribution >= 4 is 29.0 Å². The SMILES string of the molecule is O=C(Nc1cnc(C(F)(F)F)nc1)Nc1ccc([C@@H]2CNCCO2)cc1Cl. The summed E-state index contributed by atoms with van der Waals surface area (Å²) >= 11 is 6.20. The van der Waals surface area contributed by atoms with Crippen molar-refractivity contribution in [2.75, 3.05) is 30.3 Å². The number of halogens is 4. The number of morpholine rings is 1. The number of aromatic nitrogens is 2. The molecule has 1 aromatic carbocycles. The van der Waals surface area contributed by atoms with Crippen LogP contribution in [0.2, 0.25) is 5.02 Å². The summed E-state index contributed by atoms with van der Waals surface area (Å²) in [5.74, 6) is -1.29. The highest BCUT2D eigenvalue weighted by molar-refractivity contribution is 6.33. The van der Waals surface area contributed by atoms with Crippen molar-refractivity contribution in [1.82, 2.24) is 15.3 Å². The Morgan fingerprint density at radius 1 is 1.26 bits per heavy atom. The fourth-order valence-corrected chi connectivity index (χ4v) is 2.67. The maximum Gasteiger partial charge on any atom is 0.451 e. The Kier molecular flexibility index (Phi) is 5.78. The summed E-state index contributed by atoms with van der Waals surface area (Å²) in [5.41, 5.74) is 1.22. The van der Waals surface area contributed by atoms with E-state index in [4.69, 9.17) is 16.3 Å². The lowest BCUT2D eigenvalue weighted by atomic mass is 10.1. The molecule has 1 aliphatic heterocycles. The largest absolute Gasteiger partial charge is 0.451 e. The van der Waals surface area contributed by atoms with Crippen molar-refractivity contribution in [2.24, 2.45) is 0 Å². The van der Waals surface area contributed by atoms with Crippen LogP contribution in [0, 0.1) is 0 Å². The molecular formula is C16H15ClF3N5O2. The highest BCUT2D eigenvalue weighted by Gasteiger charge is 2.34. The molecule has 2 amide bonds. The number of anilines is 2. The van der Waals surface area contributed by atoms with Gasteiger partial charge in [0.25, 0.3) is 0 Å². The molecule has 0 saturated carbocycles. The standard InChI is InChI=1S/C16H15ClF3N5O2/c17-11-5-9(13-8-21-3-4-27-13)1-2-12(11)25-15(26)24-10-6-22-14(23-7-10)16(18,19)20/h1-2,5-7,13,21H,3-4,8H2,(H2,24,25,26)/t13-/m0/s1. The topological polar surface area (TPSA) is 88.2 Å². The quantitative estimate of drug-likeness (QED) is 0.733. The average molecular weight is 402 g/mol. The number of ether oxygens (including phenoxy) is 1. The van der Waals surface area contributed by atoms with Crippen LogP contribution < -0.4 is 16.0 Å². The molecule has 2 aromatic rings. The second-order valence-electron chi connectivity index (χ2n) is 5.68. The van der Waals surface area contributed by atoms with Crippen molar-refractivity contribution in [2.45, 2.75) is 12.3 Å². The highest BCUT2D eigenvalue weighted by Crippen LogP contribution is 2.28. The van der Waals surface area contributed by atoms with Gasteiger partial charge in [-0.3, -0.25) is 0 Å². The van der Waals surface area contributed by atoms with Gasteiger partial charge in [-0.05, 0) is 17.7 Å². The van der Waals surface area contributed by atoms with Crippen LogP contribution in [-0.2, 0) is 10.9 Å². The van der Waals surface area contributed by atoms with E-state index >= 15 is 0 Å². The van der Waals surface area contributed by atoms with E-state index in [1.165, 1.54) is 0 Å². The van der Waals surface area contributed by atoms with Gasteiger partial charge >= 0.3 is 12.2 Å². The minimum Gasteiger partial charge on any atom is -0.371 e. The van der Waals surface area contributed by atoms with E-state index in [-0.39, 0.29) is 11.8 Å². The molecule has 0 unspecified atom stereocenters. The number of benzene rings is 1. The Labute approximate surface area is 157 Å². The van der Waals surface area contributed by atoms with E-state index in [2.05, 4.69) is 25.9 Å². The van der Waals surface area contributed by atoms with Crippen LogP contribution in [0.1, 0.15) is 17.5 Å². The van der Waals surface area contributed by atoms with Gasteiger partial charge in [-0.25, -0.2) is 14.8 Å². The molecule has 3 N–H and O–H groups in total. The third kappa shape index (κ3) is 5.06. The number of amides is 2. The third-order valence-electron chi connectivity index (χ3n) is 3.70. The normalized spacial score (nSPS) is 17.4. The Balaban J connectivity index is 1.62. The zero-order valence-electron chi connectivity index (χ0n) is 13.8. The summed E-state index contributed by atoms with van der Waals surface area (Å²) in [6.07, 6.45) is -3.03. The molecule has 1 atom stereocenters. The molecule has 2 heterocycles. The number of carbonyl (C=O) groups is 1. The minimum absolute atomic E-state index is 0.00919. The smallest absolute Gasteiger partial charge is 0.371 e. The van der Waals surface area contributed by atoms with Crippen LogP contribution in [0.4, 0.5) is 29.3 Å². The third-order valence-corrected chi connectivity index (χ3v) is 4.02. The second kappa shape index (κ2) is 8.07. The van der Waals surface area contributed by atoms with Gasteiger partial charge in [0.15, 0.2) is 0 Å². The van der Waals surface area contributed by atoms with Crippen LogP contribution in [0.25, 0.3) is 0 Å². The number of nitrogens with one attached hydrogen (secondary N) is 3. The molecule has 3 rings (SSSR count). The Morgan fingerprint density at radius 2 is 2.00 bits per heavy atom. The highest BCUT2D eigenvalue weighted by atomic mass is 35.5. The molecule has 7 nitrogen and oxygen atoms in total. The zero-order valence-corrected chi connectivity index (χ0v) is 14.6. The predicted molar refractivity (Wildman–Crippen MR) is 92.7 cm³/mol. The van der Waals surface area contributed by atoms with Gasteiger partial charge in [-0.15, -0.1) is 0 Å². The van der Waals surface area contributed by atoms with Crippen LogP contribution in [0.5, 0.6) is 0 Å². The fraction of sp³-hybridized carbons (Fsp3) is 0.312. The number of alkyl halides is 3. The lowest BCUT2D eigenvalue weighted by molar-refractivity contribution is -0.144. The average Bonchev–Trinajstić information content (AvgIpc) is 2.64. The van der Waals surface area contributed by atoms with Gasteiger partial charge < -0.3 is 20.7 Å². The van der Waals surface area contributed by atoms with Gasteiger partial charge in [0.1, 0.15) is 0 Å². The molecule has 1 aliphatic rings. The van der Waals surface area contributed by atoms with Gasteiger partial charge in [0.05, 0.1) is 41.5 Å². The summed E-state index contributed by atoms with van der Waals surface area (Å²) < 4.78 is 42.9. The number of rotatable bonds is 3. The van der Waals surface area contributed by atoms with Gasteiger partial charge in [0, 0.05) is 13.1 Å². The van der Waals surface area contributed by atoms with Crippen molar-refractivity contribution < 1.29 is 22.7 Å². The molecule has 11 heteroatoms. The molecule has 0 spiro atoms. The molecule has 144 valence electrons. The van der Waals surface area contributed by atoms with E-state index in [1.807, 2.05) is 0 Å². The number of hydrogen-bond donors (Lipinski definition) is 3. The van der Waals surface area contributed by atoms with Crippen LogP contribution in [0.3, 0.4) is 0 Å². The Hall–Kier alpha value is -2.43. The fourth-order valence-electron chi connectivity index (χ4n) is 2.44. The number of urea groups is 1. The Bertz CT molecular complexity index is 811. The molecule has 0 bridgehead atoms. The maximum atomic E-state index is 12.4. The first-order valence-electron chi connectivity index (χ1n) is 7.92. The minimum atomic E-state index is -4.65. The summed E-state index contributed by atoms with van der Waals surface area (Å²) in [4.78, 5) is 18.3. The van der Waals surface area contributed by atoms with Gasteiger partial charge in [0.2, 0.25) is 5.82 Å². The van der Waals surface area contributed by atoms with Crippen LogP contribution in [0.15, 0.2) is 30.6 Å². The number of hydrogen-bond acceptors (Lipinski definition) is 5. The molecule has 0 aliphatic carbocycles. The Morgan fingerprint density at radius 3 is 2.59 bits per heavy atom. The van der Waals surface area contributed by atoms with E-state index < -0.39 is 18.0 Å². The predicted octanol–water partition coefficient (Wildman–Crippen LogP) is 3.45. The van der Waals surface area contributed by atoms with Gasteiger partial charge in [-0.1, -0.05) is 17.7 Å². The first-order chi connectivity index (χ1) is 12.8. The van der Waals surface area contributed by atoms with Crippen molar-refractivity contribution in [3.8, 4) is 0 Å². The second-order valence-corrected chi connectivity index (χ2v) is 6.08. The molecular weight excluding hydrogens is 387 g/mol. The summed E-state index contributed by atoms with van der Waals surface area (Å²) in [6.45, 7) is 2.05. The van der Waals surface area contributed by atoms with Crippen molar-refractivity contribution in [3.05, 3.63) is 47.0 Å². The molecule has 27 heavy (non-hydrogen) atoms. The van der Waals surface area contributed by atoms with Crippen molar-refractivity contribution in [1.29, 1.82) is 0 Å². The van der Waals surface area contributed by atoms with E-state index in [9.17, 15) is 18.0 Å². The molecule has 1 aromatic heterocycles. The monoisotopic (exact) mass is 401 g/mol. The number of carbonyl (C=O) groups excluding carboxylic acids is 1. The van der Waals surface area contributed by atoms with E-state index in [0.29, 0.717) is 23.9 Å². The van der Waals surface area contributed by atoms with Crippen LogP contribution in [-0.4, -0.2) is 35.7 Å². The summed E-state index contributed by atoms with van der Waals surface area (Å²) in [5, 5.41) is 8.37. The first kappa shape index (κ1) is 19.3. The van der Waals surface area contributed by atoms with Crippen LogP contribution >= 0.6 is 11.6 Å². The molecule has 1 fully saturated rings.